The van der Waals surface area contributed by atoms with Crippen LogP contribution in [0.1, 0.15) is 20.8 Å². The fourth-order valence-electron chi connectivity index (χ4n) is 1.31. The lowest BCUT2D eigenvalue weighted by atomic mass is 9.96. The molecule has 2 N–H and O–H groups in total. The molecule has 0 saturated heterocycles. The Morgan fingerprint density at radius 1 is 1.42 bits per heavy atom. The quantitative estimate of drug-likeness (QED) is 0.648. The first-order chi connectivity index (χ1) is 5.35. The molecule has 0 radical (unpaired) electrons. The molecule has 0 bridgehead atoms. The molecular weight excluding hydrogens is 148 g/mol. The summed E-state index contributed by atoms with van der Waals surface area (Å²) in [5.74, 6) is 0. The maximum atomic E-state index is 5.46. The summed E-state index contributed by atoms with van der Waals surface area (Å²) in [6.07, 6.45) is 0. The first-order valence-corrected chi connectivity index (χ1v) is 4.40. The molecule has 0 amide bonds. The van der Waals surface area contributed by atoms with Gasteiger partial charge in [-0.1, -0.05) is 27.4 Å². The van der Waals surface area contributed by atoms with Crippen molar-refractivity contribution >= 4 is 0 Å². The highest BCUT2D eigenvalue weighted by molar-refractivity contribution is 4.98. The van der Waals surface area contributed by atoms with Gasteiger partial charge in [-0.15, -0.1) is 0 Å². The lowest BCUT2D eigenvalue weighted by Crippen LogP contribution is -2.31. The zero-order valence-electron chi connectivity index (χ0n) is 8.85. The molecule has 0 heterocycles. The van der Waals surface area contributed by atoms with E-state index in [9.17, 15) is 0 Å². The molecule has 0 fully saturated rings. The molecule has 0 aromatic heterocycles. The average molecular weight is 170 g/mol. The molecule has 0 aromatic carbocycles. The van der Waals surface area contributed by atoms with E-state index >= 15 is 0 Å². The van der Waals surface area contributed by atoms with Crippen LogP contribution in [0.2, 0.25) is 0 Å². The summed E-state index contributed by atoms with van der Waals surface area (Å²) in [7, 11) is 2.10. The van der Waals surface area contributed by atoms with E-state index in [1.54, 1.807) is 0 Å². The molecule has 2 nitrogen and oxygen atoms in total. The van der Waals surface area contributed by atoms with Gasteiger partial charge in [-0.25, -0.2) is 0 Å². The van der Waals surface area contributed by atoms with Crippen LogP contribution in [0.4, 0.5) is 0 Å². The third kappa shape index (κ3) is 6.38. The average Bonchev–Trinajstić information content (AvgIpc) is 1.82. The molecular formula is C10H22N2. The SMILES string of the molecule is C=C(CN)CN(C)CC(C)(C)C. The number of nitrogens with zero attached hydrogens (tertiary/aromatic N) is 1. The summed E-state index contributed by atoms with van der Waals surface area (Å²) in [5.41, 5.74) is 6.91. The largest absolute Gasteiger partial charge is 0.327 e. The summed E-state index contributed by atoms with van der Waals surface area (Å²) in [5, 5.41) is 0. The highest BCUT2D eigenvalue weighted by atomic mass is 15.1. The van der Waals surface area contributed by atoms with Gasteiger partial charge in [-0.3, -0.25) is 0 Å². The van der Waals surface area contributed by atoms with Crippen molar-refractivity contribution < 1.29 is 0 Å². The number of hydrogen-bond donors (Lipinski definition) is 1. The van der Waals surface area contributed by atoms with Crippen molar-refractivity contribution in [2.45, 2.75) is 20.8 Å². The maximum absolute atomic E-state index is 5.46. The van der Waals surface area contributed by atoms with E-state index in [2.05, 4.69) is 39.3 Å². The van der Waals surface area contributed by atoms with Gasteiger partial charge in [-0.2, -0.15) is 0 Å². The summed E-state index contributed by atoms with van der Waals surface area (Å²) < 4.78 is 0. The molecule has 0 aromatic rings. The molecule has 2 heteroatoms. The first kappa shape index (κ1) is 11.7. The summed E-state index contributed by atoms with van der Waals surface area (Å²) in [6.45, 7) is 13.1. The van der Waals surface area contributed by atoms with Gasteiger partial charge in [0.05, 0.1) is 0 Å². The fraction of sp³-hybridized carbons (Fsp3) is 0.800. The molecule has 0 spiro atoms. The van der Waals surface area contributed by atoms with Crippen LogP contribution in [-0.4, -0.2) is 31.6 Å². The van der Waals surface area contributed by atoms with E-state index < -0.39 is 0 Å². The molecule has 0 aliphatic heterocycles. The summed E-state index contributed by atoms with van der Waals surface area (Å²) >= 11 is 0. The third-order valence-electron chi connectivity index (χ3n) is 1.53. The van der Waals surface area contributed by atoms with Crippen LogP contribution in [0.15, 0.2) is 12.2 Å². The van der Waals surface area contributed by atoms with Gasteiger partial charge in [0.2, 0.25) is 0 Å². The Bertz CT molecular complexity index is 144. The molecule has 0 atom stereocenters. The summed E-state index contributed by atoms with van der Waals surface area (Å²) in [6, 6.07) is 0. The smallest absolute Gasteiger partial charge is 0.0199 e. The van der Waals surface area contributed by atoms with Crippen LogP contribution < -0.4 is 5.73 Å². The lowest BCUT2D eigenvalue weighted by molar-refractivity contribution is 0.240. The van der Waals surface area contributed by atoms with Crippen molar-refractivity contribution in [2.24, 2.45) is 11.1 Å². The van der Waals surface area contributed by atoms with Gasteiger partial charge in [-0.05, 0) is 18.0 Å². The van der Waals surface area contributed by atoms with Crippen LogP contribution in [0, 0.1) is 5.41 Å². The van der Waals surface area contributed by atoms with Gasteiger partial charge in [0.1, 0.15) is 0 Å². The van der Waals surface area contributed by atoms with E-state index in [4.69, 9.17) is 5.73 Å². The predicted molar refractivity (Wildman–Crippen MR) is 55.1 cm³/mol. The van der Waals surface area contributed by atoms with Crippen LogP contribution >= 0.6 is 0 Å². The molecule has 0 saturated carbocycles. The monoisotopic (exact) mass is 170 g/mol. The van der Waals surface area contributed by atoms with Crippen molar-refractivity contribution in [3.8, 4) is 0 Å². The Morgan fingerprint density at radius 2 is 1.92 bits per heavy atom. The minimum absolute atomic E-state index is 0.351. The zero-order chi connectivity index (χ0) is 9.78. The van der Waals surface area contributed by atoms with Crippen molar-refractivity contribution in [3.05, 3.63) is 12.2 Å². The molecule has 0 rings (SSSR count). The van der Waals surface area contributed by atoms with Gasteiger partial charge >= 0.3 is 0 Å². The molecule has 0 unspecified atom stereocenters. The second-order valence-electron chi connectivity index (χ2n) is 4.69. The molecule has 0 aliphatic rings. The van der Waals surface area contributed by atoms with Gasteiger partial charge in [0.15, 0.2) is 0 Å². The second-order valence-corrected chi connectivity index (χ2v) is 4.69. The van der Waals surface area contributed by atoms with Crippen molar-refractivity contribution in [3.63, 3.8) is 0 Å². The number of hydrogen-bond acceptors (Lipinski definition) is 2. The summed E-state index contributed by atoms with van der Waals surface area (Å²) in [4.78, 5) is 2.26. The predicted octanol–water partition coefficient (Wildman–Crippen LogP) is 1.48. The minimum atomic E-state index is 0.351. The highest BCUT2D eigenvalue weighted by Crippen LogP contribution is 2.14. The molecule has 12 heavy (non-hydrogen) atoms. The van der Waals surface area contributed by atoms with Gasteiger partial charge in [0, 0.05) is 19.6 Å². The Labute approximate surface area is 76.4 Å². The Hall–Kier alpha value is -0.340. The van der Waals surface area contributed by atoms with E-state index in [1.165, 1.54) is 0 Å². The van der Waals surface area contributed by atoms with E-state index in [1.807, 2.05) is 0 Å². The van der Waals surface area contributed by atoms with Crippen LogP contribution in [0.25, 0.3) is 0 Å². The Kier molecular flexibility index (Phi) is 4.50. The normalized spacial score (nSPS) is 12.2. The maximum Gasteiger partial charge on any atom is 0.0199 e. The molecule has 0 aliphatic carbocycles. The van der Waals surface area contributed by atoms with Crippen LogP contribution in [0.5, 0.6) is 0 Å². The first-order valence-electron chi connectivity index (χ1n) is 4.40. The standard InChI is InChI=1S/C10H22N2/c1-9(6-11)7-12(5)8-10(2,3)4/h1,6-8,11H2,2-5H3. The number of likely N-dealkylation sites (N-methyl/N-ethyl adjacent to an activating group) is 1. The topological polar surface area (TPSA) is 29.3 Å². The third-order valence-corrected chi connectivity index (χ3v) is 1.53. The van der Waals surface area contributed by atoms with E-state index in [0.717, 1.165) is 18.7 Å². The lowest BCUT2D eigenvalue weighted by Gasteiger charge is -2.26. The minimum Gasteiger partial charge on any atom is -0.327 e. The second kappa shape index (κ2) is 4.63. The number of rotatable bonds is 4. The van der Waals surface area contributed by atoms with E-state index in [0.29, 0.717) is 12.0 Å². The van der Waals surface area contributed by atoms with Crippen LogP contribution in [0.3, 0.4) is 0 Å². The van der Waals surface area contributed by atoms with E-state index in [-0.39, 0.29) is 0 Å². The number of nitrogens with two attached hydrogens (primary N) is 1. The highest BCUT2D eigenvalue weighted by Gasteiger charge is 2.13. The van der Waals surface area contributed by atoms with Crippen LogP contribution in [-0.2, 0) is 0 Å². The zero-order valence-corrected chi connectivity index (χ0v) is 8.85. The van der Waals surface area contributed by atoms with Gasteiger partial charge in [0.25, 0.3) is 0 Å². The fourth-order valence-corrected chi connectivity index (χ4v) is 1.31. The van der Waals surface area contributed by atoms with Gasteiger partial charge < -0.3 is 10.6 Å². The molecule has 72 valence electrons. The van der Waals surface area contributed by atoms with Crippen molar-refractivity contribution in [2.75, 3.05) is 26.7 Å². The Balaban J connectivity index is 3.74. The van der Waals surface area contributed by atoms with Crippen molar-refractivity contribution in [1.82, 2.24) is 4.90 Å². The Morgan fingerprint density at radius 3 is 2.25 bits per heavy atom. The van der Waals surface area contributed by atoms with Crippen molar-refractivity contribution in [1.29, 1.82) is 0 Å².